The van der Waals surface area contributed by atoms with Crippen LogP contribution in [-0.4, -0.2) is 50.3 Å². The summed E-state index contributed by atoms with van der Waals surface area (Å²) in [6.45, 7) is 5.62. The summed E-state index contributed by atoms with van der Waals surface area (Å²) in [6, 6.07) is 7.36. The molecule has 0 amide bonds. The van der Waals surface area contributed by atoms with Crippen LogP contribution in [0.4, 0.5) is 4.39 Å². The van der Waals surface area contributed by atoms with Gasteiger partial charge in [0.05, 0.1) is 6.61 Å². The Morgan fingerprint density at radius 1 is 1.43 bits per heavy atom. The van der Waals surface area contributed by atoms with Crippen molar-refractivity contribution in [3.05, 3.63) is 35.6 Å². The average Bonchev–Trinajstić information content (AvgIpc) is 3.17. The minimum Gasteiger partial charge on any atom is -0.381 e. The van der Waals surface area contributed by atoms with E-state index in [2.05, 4.69) is 15.2 Å². The minimum atomic E-state index is -0.102. The molecule has 0 bridgehead atoms. The highest BCUT2D eigenvalue weighted by atomic mass is 19.1. The fourth-order valence-corrected chi connectivity index (χ4v) is 3.38. The van der Waals surface area contributed by atoms with Crippen LogP contribution < -0.4 is 5.32 Å². The molecule has 0 aromatic heterocycles. The topological polar surface area (TPSA) is 36.9 Å². The Kier molecular flexibility index (Phi) is 5.16. The van der Waals surface area contributed by atoms with Crippen LogP contribution in [0.15, 0.2) is 29.3 Å². The van der Waals surface area contributed by atoms with Crippen LogP contribution in [0.25, 0.3) is 0 Å². The third kappa shape index (κ3) is 3.83. The molecule has 23 heavy (non-hydrogen) atoms. The van der Waals surface area contributed by atoms with Crippen LogP contribution in [0, 0.1) is 11.7 Å². The van der Waals surface area contributed by atoms with Gasteiger partial charge in [-0.1, -0.05) is 18.2 Å². The van der Waals surface area contributed by atoms with E-state index in [1.807, 2.05) is 26.1 Å². The molecule has 1 aromatic carbocycles. The summed E-state index contributed by atoms with van der Waals surface area (Å²) in [7, 11) is 1.82. The van der Waals surface area contributed by atoms with Gasteiger partial charge in [0.25, 0.3) is 0 Å². The van der Waals surface area contributed by atoms with Gasteiger partial charge in [-0.05, 0) is 31.4 Å². The van der Waals surface area contributed by atoms with Gasteiger partial charge in [-0.25, -0.2) is 4.39 Å². The monoisotopic (exact) mass is 319 g/mol. The second kappa shape index (κ2) is 7.30. The second-order valence-electron chi connectivity index (χ2n) is 6.42. The number of hydrogen-bond donors (Lipinski definition) is 1. The van der Waals surface area contributed by atoms with Crippen molar-refractivity contribution in [2.24, 2.45) is 10.9 Å². The van der Waals surface area contributed by atoms with Crippen molar-refractivity contribution in [3.8, 4) is 0 Å². The Hall–Kier alpha value is -1.62. The van der Waals surface area contributed by atoms with E-state index in [0.29, 0.717) is 5.92 Å². The second-order valence-corrected chi connectivity index (χ2v) is 6.42. The molecule has 3 atom stereocenters. The number of nitrogens with zero attached hydrogens (tertiary/aromatic N) is 2. The maximum Gasteiger partial charge on any atom is 0.193 e. The number of nitrogens with one attached hydrogen (secondary N) is 1. The summed E-state index contributed by atoms with van der Waals surface area (Å²) in [6.07, 6.45) is 2.11. The van der Waals surface area contributed by atoms with Gasteiger partial charge >= 0.3 is 0 Å². The number of hydrogen-bond acceptors (Lipinski definition) is 2. The lowest BCUT2D eigenvalue weighted by Gasteiger charge is -2.22. The zero-order valence-corrected chi connectivity index (χ0v) is 14.0. The number of ether oxygens (including phenoxy) is 1. The zero-order chi connectivity index (χ0) is 16.2. The lowest BCUT2D eigenvalue weighted by molar-refractivity contribution is 0.114. The predicted molar refractivity (Wildman–Crippen MR) is 90.2 cm³/mol. The molecule has 1 aliphatic heterocycles. The molecule has 1 heterocycles. The number of rotatable bonds is 5. The van der Waals surface area contributed by atoms with E-state index in [1.165, 1.54) is 0 Å². The SMILES string of the molecule is CCOCC1CCN(C(=NC)NC2CC2c2ccccc2F)C1. The van der Waals surface area contributed by atoms with Crippen molar-refractivity contribution >= 4 is 5.96 Å². The van der Waals surface area contributed by atoms with E-state index in [4.69, 9.17) is 4.74 Å². The highest BCUT2D eigenvalue weighted by Gasteiger charge is 2.41. The van der Waals surface area contributed by atoms with Crippen molar-refractivity contribution in [1.82, 2.24) is 10.2 Å². The Bertz CT molecular complexity index is 563. The van der Waals surface area contributed by atoms with Crippen LogP contribution >= 0.6 is 0 Å². The quantitative estimate of drug-likeness (QED) is 0.669. The summed E-state index contributed by atoms with van der Waals surface area (Å²) in [5.74, 6) is 1.67. The minimum absolute atomic E-state index is 0.102. The molecule has 126 valence electrons. The summed E-state index contributed by atoms with van der Waals surface area (Å²) < 4.78 is 19.4. The first-order valence-electron chi connectivity index (χ1n) is 8.53. The van der Waals surface area contributed by atoms with Crippen LogP contribution in [0.2, 0.25) is 0 Å². The van der Waals surface area contributed by atoms with Gasteiger partial charge in [0, 0.05) is 44.6 Å². The average molecular weight is 319 g/mol. The summed E-state index contributed by atoms with van der Waals surface area (Å²) in [5, 5.41) is 3.50. The van der Waals surface area contributed by atoms with Crippen LogP contribution in [0.3, 0.4) is 0 Å². The molecule has 0 radical (unpaired) electrons. The highest BCUT2D eigenvalue weighted by Crippen LogP contribution is 2.42. The first kappa shape index (κ1) is 16.2. The molecule has 1 aromatic rings. The van der Waals surface area contributed by atoms with E-state index in [0.717, 1.165) is 50.7 Å². The standard InChI is InChI=1S/C18H26FN3O/c1-3-23-12-13-8-9-22(11-13)18(20-2)21-17-10-15(17)14-6-4-5-7-16(14)19/h4-7,13,15,17H,3,8-12H2,1-2H3,(H,20,21). The highest BCUT2D eigenvalue weighted by molar-refractivity contribution is 5.81. The van der Waals surface area contributed by atoms with Crippen molar-refractivity contribution in [3.63, 3.8) is 0 Å². The van der Waals surface area contributed by atoms with E-state index >= 15 is 0 Å². The van der Waals surface area contributed by atoms with E-state index in [1.54, 1.807) is 12.1 Å². The van der Waals surface area contributed by atoms with Gasteiger partial charge in [0.15, 0.2) is 5.96 Å². The fourth-order valence-electron chi connectivity index (χ4n) is 3.38. The Morgan fingerprint density at radius 3 is 3.00 bits per heavy atom. The van der Waals surface area contributed by atoms with Crippen molar-refractivity contribution in [2.75, 3.05) is 33.4 Å². The molecule has 2 aliphatic rings. The largest absolute Gasteiger partial charge is 0.381 e. The van der Waals surface area contributed by atoms with Gasteiger partial charge < -0.3 is 15.0 Å². The van der Waals surface area contributed by atoms with Crippen molar-refractivity contribution in [1.29, 1.82) is 0 Å². The molecule has 2 fully saturated rings. The molecular weight excluding hydrogens is 293 g/mol. The molecule has 1 aliphatic carbocycles. The molecule has 0 spiro atoms. The van der Waals surface area contributed by atoms with Crippen molar-refractivity contribution in [2.45, 2.75) is 31.7 Å². The number of aliphatic imine (C=N–C) groups is 1. The maximum absolute atomic E-state index is 13.9. The van der Waals surface area contributed by atoms with Gasteiger partial charge in [-0.3, -0.25) is 4.99 Å². The summed E-state index contributed by atoms with van der Waals surface area (Å²) in [4.78, 5) is 6.70. The fraction of sp³-hybridized carbons (Fsp3) is 0.611. The number of benzene rings is 1. The predicted octanol–water partition coefficient (Wildman–Crippen LogP) is 2.62. The third-order valence-corrected chi connectivity index (χ3v) is 4.76. The van der Waals surface area contributed by atoms with Crippen LogP contribution in [0.1, 0.15) is 31.2 Å². The Labute approximate surface area is 137 Å². The molecule has 1 saturated heterocycles. The first-order chi connectivity index (χ1) is 11.2. The van der Waals surface area contributed by atoms with E-state index in [9.17, 15) is 4.39 Å². The molecule has 5 heteroatoms. The van der Waals surface area contributed by atoms with E-state index in [-0.39, 0.29) is 17.8 Å². The van der Waals surface area contributed by atoms with Gasteiger partial charge in [0.2, 0.25) is 0 Å². The Balaban J connectivity index is 1.53. The lowest BCUT2D eigenvalue weighted by atomic mass is 10.1. The Morgan fingerprint density at radius 2 is 2.26 bits per heavy atom. The number of guanidine groups is 1. The van der Waals surface area contributed by atoms with Crippen molar-refractivity contribution < 1.29 is 9.13 Å². The zero-order valence-electron chi connectivity index (χ0n) is 14.0. The lowest BCUT2D eigenvalue weighted by Crippen LogP contribution is -2.41. The van der Waals surface area contributed by atoms with Gasteiger partial charge in [-0.15, -0.1) is 0 Å². The van der Waals surface area contributed by atoms with Gasteiger partial charge in [0.1, 0.15) is 5.82 Å². The molecule has 1 saturated carbocycles. The maximum atomic E-state index is 13.9. The summed E-state index contributed by atoms with van der Waals surface area (Å²) in [5.41, 5.74) is 0.816. The van der Waals surface area contributed by atoms with Crippen LogP contribution in [0.5, 0.6) is 0 Å². The van der Waals surface area contributed by atoms with Gasteiger partial charge in [-0.2, -0.15) is 0 Å². The normalized spacial score (nSPS) is 27.3. The molecule has 3 rings (SSSR count). The molecule has 3 unspecified atom stereocenters. The third-order valence-electron chi connectivity index (χ3n) is 4.76. The number of halogens is 1. The molecular formula is C18H26FN3O. The summed E-state index contributed by atoms with van der Waals surface area (Å²) >= 11 is 0. The molecule has 1 N–H and O–H groups in total. The number of likely N-dealkylation sites (tertiary alicyclic amines) is 1. The van der Waals surface area contributed by atoms with E-state index < -0.39 is 0 Å². The molecule has 4 nitrogen and oxygen atoms in total. The first-order valence-corrected chi connectivity index (χ1v) is 8.53. The smallest absolute Gasteiger partial charge is 0.193 e. The van der Waals surface area contributed by atoms with Crippen LogP contribution in [-0.2, 0) is 4.74 Å².